The van der Waals surface area contributed by atoms with E-state index >= 15 is 0 Å². The van der Waals surface area contributed by atoms with Crippen LogP contribution in [0.2, 0.25) is 0 Å². The summed E-state index contributed by atoms with van der Waals surface area (Å²) in [6, 6.07) is 0. The highest BCUT2D eigenvalue weighted by Crippen LogP contribution is 2.24. The largest absolute Gasteiger partial charge is 0.461 e. The lowest BCUT2D eigenvalue weighted by Gasteiger charge is -2.00. The lowest BCUT2D eigenvalue weighted by Crippen LogP contribution is -2.06. The SMILES string of the molecule is CCOC(=O)c1nc(CSC(C)C)sc1C. The van der Waals surface area contributed by atoms with E-state index in [1.54, 1.807) is 18.3 Å². The molecule has 0 fully saturated rings. The maximum Gasteiger partial charge on any atom is 0.358 e. The van der Waals surface area contributed by atoms with E-state index in [0.717, 1.165) is 15.6 Å². The first-order valence-corrected chi connectivity index (χ1v) is 7.16. The summed E-state index contributed by atoms with van der Waals surface area (Å²) >= 11 is 3.41. The number of hydrogen-bond donors (Lipinski definition) is 0. The summed E-state index contributed by atoms with van der Waals surface area (Å²) in [6.45, 7) is 8.41. The molecule has 0 radical (unpaired) electrons. The number of thiazole rings is 1. The van der Waals surface area contributed by atoms with Crippen LogP contribution in [0, 0.1) is 6.92 Å². The van der Waals surface area contributed by atoms with Crippen molar-refractivity contribution in [2.24, 2.45) is 0 Å². The van der Waals surface area contributed by atoms with E-state index in [-0.39, 0.29) is 5.97 Å². The van der Waals surface area contributed by atoms with Gasteiger partial charge in [0, 0.05) is 10.6 Å². The minimum Gasteiger partial charge on any atom is -0.461 e. The number of rotatable bonds is 5. The van der Waals surface area contributed by atoms with Gasteiger partial charge in [-0.1, -0.05) is 13.8 Å². The highest BCUT2D eigenvalue weighted by Gasteiger charge is 2.16. The van der Waals surface area contributed by atoms with Crippen LogP contribution in [0.15, 0.2) is 0 Å². The number of nitrogens with zero attached hydrogens (tertiary/aromatic N) is 1. The van der Waals surface area contributed by atoms with Crippen molar-refractivity contribution < 1.29 is 9.53 Å². The Morgan fingerprint density at radius 3 is 2.81 bits per heavy atom. The molecule has 0 atom stereocenters. The molecule has 0 aliphatic rings. The van der Waals surface area contributed by atoms with Crippen LogP contribution in [0.1, 0.15) is 41.1 Å². The molecule has 1 rings (SSSR count). The lowest BCUT2D eigenvalue weighted by molar-refractivity contribution is 0.0519. The molecule has 90 valence electrons. The zero-order valence-corrected chi connectivity index (χ0v) is 11.7. The molecule has 0 aliphatic heterocycles. The number of aryl methyl sites for hydroxylation is 1. The lowest BCUT2D eigenvalue weighted by atomic mass is 10.4. The molecule has 0 N–H and O–H groups in total. The average molecular weight is 259 g/mol. The summed E-state index contributed by atoms with van der Waals surface area (Å²) in [5.41, 5.74) is 0.478. The van der Waals surface area contributed by atoms with Crippen LogP contribution in [0.25, 0.3) is 0 Å². The average Bonchev–Trinajstić information content (AvgIpc) is 2.57. The van der Waals surface area contributed by atoms with Crippen LogP contribution < -0.4 is 0 Å². The molecular formula is C11H17NO2S2. The molecule has 1 aromatic rings. The van der Waals surface area contributed by atoms with Crippen LogP contribution in [0.5, 0.6) is 0 Å². The van der Waals surface area contributed by atoms with Crippen molar-refractivity contribution >= 4 is 29.1 Å². The molecule has 3 nitrogen and oxygen atoms in total. The van der Waals surface area contributed by atoms with E-state index in [4.69, 9.17) is 4.74 Å². The van der Waals surface area contributed by atoms with Crippen LogP contribution in [-0.4, -0.2) is 22.8 Å². The van der Waals surface area contributed by atoms with E-state index < -0.39 is 0 Å². The molecule has 1 aromatic heterocycles. The molecule has 0 aromatic carbocycles. The molecule has 0 spiro atoms. The van der Waals surface area contributed by atoms with E-state index in [0.29, 0.717) is 17.6 Å². The number of ether oxygens (including phenoxy) is 1. The van der Waals surface area contributed by atoms with Crippen LogP contribution in [0.4, 0.5) is 0 Å². The maximum absolute atomic E-state index is 11.5. The monoisotopic (exact) mass is 259 g/mol. The van der Waals surface area contributed by atoms with Crippen molar-refractivity contribution in [1.29, 1.82) is 0 Å². The third-order valence-electron chi connectivity index (χ3n) is 1.85. The maximum atomic E-state index is 11.5. The van der Waals surface area contributed by atoms with Gasteiger partial charge in [-0.25, -0.2) is 9.78 Å². The number of hydrogen-bond acceptors (Lipinski definition) is 5. The second kappa shape index (κ2) is 6.25. The molecule has 16 heavy (non-hydrogen) atoms. The molecule has 0 bridgehead atoms. The number of carbonyl (C=O) groups is 1. The third kappa shape index (κ3) is 3.79. The summed E-state index contributed by atoms with van der Waals surface area (Å²) in [6.07, 6.45) is 0. The summed E-state index contributed by atoms with van der Waals surface area (Å²) in [5, 5.41) is 1.58. The number of carbonyl (C=O) groups excluding carboxylic acids is 1. The van der Waals surface area contributed by atoms with Gasteiger partial charge in [0.05, 0.1) is 6.61 Å². The van der Waals surface area contributed by atoms with E-state index in [9.17, 15) is 4.79 Å². The Kier molecular flexibility index (Phi) is 5.28. The Morgan fingerprint density at radius 2 is 2.25 bits per heavy atom. The molecule has 0 amide bonds. The zero-order chi connectivity index (χ0) is 12.1. The number of esters is 1. The van der Waals surface area contributed by atoms with Crippen LogP contribution in [-0.2, 0) is 10.5 Å². The van der Waals surface area contributed by atoms with E-state index in [1.807, 2.05) is 18.7 Å². The van der Waals surface area contributed by atoms with Gasteiger partial charge < -0.3 is 4.74 Å². The van der Waals surface area contributed by atoms with Gasteiger partial charge in [-0.05, 0) is 19.1 Å². The Bertz CT molecular complexity index is 361. The fourth-order valence-corrected chi connectivity index (χ4v) is 2.84. The Labute approximate surface area is 105 Å². The highest BCUT2D eigenvalue weighted by molar-refractivity contribution is 7.99. The first kappa shape index (κ1) is 13.5. The molecule has 1 heterocycles. The smallest absolute Gasteiger partial charge is 0.358 e. The fraction of sp³-hybridized carbons (Fsp3) is 0.636. The normalized spacial score (nSPS) is 10.8. The van der Waals surface area contributed by atoms with Gasteiger partial charge in [0.1, 0.15) is 5.01 Å². The van der Waals surface area contributed by atoms with E-state index in [2.05, 4.69) is 18.8 Å². The zero-order valence-electron chi connectivity index (χ0n) is 10.1. The summed E-state index contributed by atoms with van der Waals surface area (Å²) in [4.78, 5) is 16.8. The van der Waals surface area contributed by atoms with Crippen molar-refractivity contribution in [3.8, 4) is 0 Å². The minimum atomic E-state index is -0.308. The van der Waals surface area contributed by atoms with Crippen LogP contribution in [0.3, 0.4) is 0 Å². The first-order valence-electron chi connectivity index (χ1n) is 5.29. The van der Waals surface area contributed by atoms with Crippen molar-refractivity contribution in [3.05, 3.63) is 15.6 Å². The van der Waals surface area contributed by atoms with Crippen molar-refractivity contribution in [1.82, 2.24) is 4.98 Å². The third-order valence-corrected chi connectivity index (χ3v) is 4.11. The van der Waals surface area contributed by atoms with Gasteiger partial charge in [0.2, 0.25) is 0 Å². The van der Waals surface area contributed by atoms with E-state index in [1.165, 1.54) is 0 Å². The molecule has 5 heteroatoms. The fourth-order valence-electron chi connectivity index (χ4n) is 1.14. The molecule has 0 saturated heterocycles. The molecular weight excluding hydrogens is 242 g/mol. The summed E-state index contributed by atoms with van der Waals surface area (Å²) in [5.74, 6) is 0.555. The number of thioether (sulfide) groups is 1. The van der Waals surface area contributed by atoms with Gasteiger partial charge in [-0.15, -0.1) is 11.3 Å². The molecule has 0 unspecified atom stereocenters. The highest BCUT2D eigenvalue weighted by atomic mass is 32.2. The van der Waals surface area contributed by atoms with Crippen molar-refractivity contribution in [2.75, 3.05) is 6.61 Å². The predicted molar refractivity (Wildman–Crippen MR) is 69.2 cm³/mol. The summed E-state index contributed by atoms with van der Waals surface area (Å²) in [7, 11) is 0. The van der Waals surface area contributed by atoms with Gasteiger partial charge in [-0.2, -0.15) is 11.8 Å². The Hall–Kier alpha value is -0.550. The van der Waals surface area contributed by atoms with Gasteiger partial charge >= 0.3 is 5.97 Å². The Morgan fingerprint density at radius 1 is 1.56 bits per heavy atom. The first-order chi connectivity index (χ1) is 7.54. The van der Waals surface area contributed by atoms with Gasteiger partial charge in [-0.3, -0.25) is 0 Å². The van der Waals surface area contributed by atoms with Crippen molar-refractivity contribution in [2.45, 2.75) is 38.7 Å². The second-order valence-corrected chi connectivity index (χ2v) is 6.45. The van der Waals surface area contributed by atoms with Crippen LogP contribution >= 0.6 is 23.1 Å². The van der Waals surface area contributed by atoms with Gasteiger partial charge in [0.25, 0.3) is 0 Å². The molecule has 0 aliphatic carbocycles. The molecule has 0 saturated carbocycles. The second-order valence-electron chi connectivity index (χ2n) is 3.59. The predicted octanol–water partition coefficient (Wildman–Crippen LogP) is 3.27. The number of aromatic nitrogens is 1. The Balaban J connectivity index is 2.69. The standard InChI is InChI=1S/C11H17NO2S2/c1-5-14-11(13)10-8(4)16-9(12-10)6-15-7(2)3/h7H,5-6H2,1-4H3. The summed E-state index contributed by atoms with van der Waals surface area (Å²) < 4.78 is 4.95. The van der Waals surface area contributed by atoms with Crippen molar-refractivity contribution in [3.63, 3.8) is 0 Å². The minimum absolute atomic E-state index is 0.308. The van der Waals surface area contributed by atoms with Gasteiger partial charge in [0.15, 0.2) is 5.69 Å². The quantitative estimate of drug-likeness (QED) is 0.761. The topological polar surface area (TPSA) is 39.2 Å².